The number of carbonyl (C=O) groups excluding carboxylic acids is 2. The van der Waals surface area contributed by atoms with E-state index in [1.807, 2.05) is 6.92 Å². The summed E-state index contributed by atoms with van der Waals surface area (Å²) in [5.41, 5.74) is 2.15. The van der Waals surface area contributed by atoms with Crippen molar-refractivity contribution < 1.29 is 9.59 Å². The van der Waals surface area contributed by atoms with Crippen LogP contribution in [0.3, 0.4) is 0 Å². The first-order valence-electron chi connectivity index (χ1n) is 7.34. The van der Waals surface area contributed by atoms with E-state index in [1.165, 1.54) is 6.92 Å². The van der Waals surface area contributed by atoms with Crippen molar-refractivity contribution in [1.29, 1.82) is 5.26 Å². The van der Waals surface area contributed by atoms with Crippen molar-refractivity contribution in [3.63, 3.8) is 0 Å². The van der Waals surface area contributed by atoms with Crippen LogP contribution >= 0.6 is 0 Å². The lowest BCUT2D eigenvalue weighted by Gasteiger charge is -2.22. The van der Waals surface area contributed by atoms with Gasteiger partial charge in [0.15, 0.2) is 0 Å². The van der Waals surface area contributed by atoms with E-state index in [-0.39, 0.29) is 18.0 Å². The lowest BCUT2D eigenvalue weighted by atomic mass is 10.1. The molecule has 2 N–H and O–H groups in total. The fourth-order valence-corrected chi connectivity index (χ4v) is 2.29. The van der Waals surface area contributed by atoms with Crippen LogP contribution in [0.25, 0.3) is 0 Å². The fraction of sp³-hybridized carbons (Fsp3) is 0.438. The molecule has 1 aromatic rings. The first-order valence-corrected chi connectivity index (χ1v) is 7.34. The highest BCUT2D eigenvalue weighted by Gasteiger charge is 2.32. The number of nitrogens with zero attached hydrogens (tertiary/aromatic N) is 2. The van der Waals surface area contributed by atoms with E-state index in [2.05, 4.69) is 16.7 Å². The van der Waals surface area contributed by atoms with Gasteiger partial charge in [-0.25, -0.2) is 4.79 Å². The molecule has 0 spiro atoms. The number of hydrogen-bond donors (Lipinski definition) is 2. The van der Waals surface area contributed by atoms with Crippen LogP contribution in [0.2, 0.25) is 0 Å². The molecule has 0 bridgehead atoms. The minimum atomic E-state index is -0.194. The van der Waals surface area contributed by atoms with Crippen molar-refractivity contribution in [2.24, 2.45) is 0 Å². The van der Waals surface area contributed by atoms with Gasteiger partial charge >= 0.3 is 6.03 Å². The number of carbonyl (C=O) groups is 2. The molecule has 6 heteroatoms. The summed E-state index contributed by atoms with van der Waals surface area (Å²) in [6, 6.07) is 7.50. The lowest BCUT2D eigenvalue weighted by Crippen LogP contribution is -2.37. The molecule has 0 saturated heterocycles. The summed E-state index contributed by atoms with van der Waals surface area (Å²) in [6.07, 6.45) is 2.31. The predicted octanol–water partition coefficient (Wildman–Crippen LogP) is 2.86. The highest BCUT2D eigenvalue weighted by atomic mass is 16.2. The van der Waals surface area contributed by atoms with E-state index < -0.39 is 0 Å². The third-order valence-electron chi connectivity index (χ3n) is 3.60. The molecule has 1 aromatic carbocycles. The molecule has 22 heavy (non-hydrogen) atoms. The van der Waals surface area contributed by atoms with Gasteiger partial charge in [-0.2, -0.15) is 5.26 Å². The summed E-state index contributed by atoms with van der Waals surface area (Å²) in [6.45, 7) is 3.73. The van der Waals surface area contributed by atoms with Crippen molar-refractivity contribution in [2.45, 2.75) is 39.2 Å². The van der Waals surface area contributed by atoms with E-state index >= 15 is 0 Å². The molecule has 0 heterocycles. The summed E-state index contributed by atoms with van der Waals surface area (Å²) in [5, 5.41) is 14.3. The number of benzene rings is 1. The smallest absolute Gasteiger partial charge is 0.322 e. The van der Waals surface area contributed by atoms with Crippen LogP contribution in [0.4, 0.5) is 16.2 Å². The molecule has 0 aliphatic heterocycles. The van der Waals surface area contributed by atoms with Crippen LogP contribution in [0.15, 0.2) is 18.2 Å². The molecule has 1 aliphatic carbocycles. The maximum Gasteiger partial charge on any atom is 0.322 e. The Labute approximate surface area is 130 Å². The summed E-state index contributed by atoms with van der Waals surface area (Å²) in [4.78, 5) is 25.3. The van der Waals surface area contributed by atoms with Gasteiger partial charge in [0.25, 0.3) is 0 Å². The first kappa shape index (κ1) is 15.8. The molecule has 6 nitrogen and oxygen atoms in total. The Kier molecular flexibility index (Phi) is 4.99. The zero-order chi connectivity index (χ0) is 16.1. The highest BCUT2D eigenvalue weighted by Crippen LogP contribution is 2.29. The van der Waals surface area contributed by atoms with Gasteiger partial charge in [0.1, 0.15) is 0 Å². The second kappa shape index (κ2) is 6.94. The molecule has 1 saturated carbocycles. The number of anilines is 2. The average molecular weight is 300 g/mol. The molecule has 0 aromatic heterocycles. The van der Waals surface area contributed by atoms with Crippen LogP contribution in [0.5, 0.6) is 0 Å². The Morgan fingerprint density at radius 3 is 2.50 bits per heavy atom. The minimum absolute atomic E-state index is 0.153. The van der Waals surface area contributed by atoms with Crippen molar-refractivity contribution in [3.8, 4) is 6.07 Å². The van der Waals surface area contributed by atoms with Crippen LogP contribution in [-0.2, 0) is 4.79 Å². The largest absolute Gasteiger partial charge is 0.326 e. The first-order chi connectivity index (χ1) is 10.5. The molecule has 2 rings (SSSR count). The summed E-state index contributed by atoms with van der Waals surface area (Å²) < 4.78 is 0. The Morgan fingerprint density at radius 2 is 1.95 bits per heavy atom. The monoisotopic (exact) mass is 300 g/mol. The standard InChI is InChI=1S/C16H20N4O2/c1-11-14(18-12(2)21)5-3-6-15(11)19-16(22)20(10-4-9-17)13-7-8-13/h3,5-6,13H,4,7-8,10H2,1-2H3,(H,18,21)(H,19,22). The van der Waals surface area contributed by atoms with E-state index in [0.717, 1.165) is 18.4 Å². The summed E-state index contributed by atoms with van der Waals surface area (Å²) >= 11 is 0. The van der Waals surface area contributed by atoms with Gasteiger partial charge in [-0.15, -0.1) is 0 Å². The normalized spacial score (nSPS) is 13.1. The Hall–Kier alpha value is -2.55. The van der Waals surface area contributed by atoms with Crippen LogP contribution in [0.1, 0.15) is 31.7 Å². The van der Waals surface area contributed by atoms with E-state index in [9.17, 15) is 9.59 Å². The van der Waals surface area contributed by atoms with Gasteiger partial charge in [-0.05, 0) is 37.5 Å². The van der Waals surface area contributed by atoms with Gasteiger partial charge in [-0.3, -0.25) is 4.79 Å². The average Bonchev–Trinajstić information content (AvgIpc) is 3.28. The van der Waals surface area contributed by atoms with Crippen molar-refractivity contribution in [3.05, 3.63) is 23.8 Å². The Bertz CT molecular complexity index is 617. The quantitative estimate of drug-likeness (QED) is 0.876. The van der Waals surface area contributed by atoms with Gasteiger partial charge in [0.2, 0.25) is 5.91 Å². The summed E-state index contributed by atoms with van der Waals surface area (Å²) in [7, 11) is 0. The molecule has 0 radical (unpaired) electrons. The predicted molar refractivity (Wildman–Crippen MR) is 84.5 cm³/mol. The van der Waals surface area contributed by atoms with E-state index in [0.29, 0.717) is 24.3 Å². The zero-order valence-corrected chi connectivity index (χ0v) is 12.8. The number of nitrogens with one attached hydrogen (secondary N) is 2. The van der Waals surface area contributed by atoms with Gasteiger partial charge in [0.05, 0.1) is 12.5 Å². The second-order valence-corrected chi connectivity index (χ2v) is 5.42. The van der Waals surface area contributed by atoms with E-state index in [4.69, 9.17) is 5.26 Å². The Balaban J connectivity index is 2.10. The maximum atomic E-state index is 12.4. The maximum absolute atomic E-state index is 12.4. The minimum Gasteiger partial charge on any atom is -0.326 e. The molecular weight excluding hydrogens is 280 g/mol. The number of hydrogen-bond acceptors (Lipinski definition) is 3. The number of rotatable bonds is 5. The topological polar surface area (TPSA) is 85.2 Å². The van der Waals surface area contributed by atoms with Crippen LogP contribution in [0, 0.1) is 18.3 Å². The van der Waals surface area contributed by atoms with Crippen molar-refractivity contribution in [1.82, 2.24) is 4.90 Å². The van der Waals surface area contributed by atoms with Crippen LogP contribution in [-0.4, -0.2) is 29.4 Å². The molecule has 0 atom stereocenters. The van der Waals surface area contributed by atoms with Gasteiger partial charge in [0, 0.05) is 30.9 Å². The Morgan fingerprint density at radius 1 is 1.32 bits per heavy atom. The number of nitriles is 1. The SMILES string of the molecule is CC(=O)Nc1cccc(NC(=O)N(CCC#N)C2CC2)c1C. The second-order valence-electron chi connectivity index (χ2n) is 5.42. The molecule has 0 unspecified atom stereocenters. The molecule has 1 fully saturated rings. The molecule has 116 valence electrons. The van der Waals surface area contributed by atoms with Gasteiger partial charge in [-0.1, -0.05) is 6.07 Å². The number of amides is 3. The van der Waals surface area contributed by atoms with Crippen molar-refractivity contribution in [2.75, 3.05) is 17.2 Å². The van der Waals surface area contributed by atoms with E-state index in [1.54, 1.807) is 23.1 Å². The fourth-order valence-electron chi connectivity index (χ4n) is 2.29. The third kappa shape index (κ3) is 3.98. The third-order valence-corrected chi connectivity index (χ3v) is 3.60. The number of urea groups is 1. The van der Waals surface area contributed by atoms with Gasteiger partial charge < -0.3 is 15.5 Å². The zero-order valence-electron chi connectivity index (χ0n) is 12.8. The van der Waals surface area contributed by atoms with Crippen molar-refractivity contribution >= 4 is 23.3 Å². The van der Waals surface area contributed by atoms with Crippen LogP contribution < -0.4 is 10.6 Å². The molecule has 1 aliphatic rings. The lowest BCUT2D eigenvalue weighted by molar-refractivity contribution is -0.114. The molecule has 3 amide bonds. The molecular formula is C16H20N4O2. The summed E-state index contributed by atoms with van der Waals surface area (Å²) in [5.74, 6) is -0.153. The highest BCUT2D eigenvalue weighted by molar-refractivity contribution is 5.94.